The summed E-state index contributed by atoms with van der Waals surface area (Å²) < 4.78 is 9.46. The number of ether oxygens (including phenoxy) is 1. The Hall–Kier alpha value is -9.24. The van der Waals surface area contributed by atoms with E-state index in [9.17, 15) is 0 Å². The van der Waals surface area contributed by atoms with Crippen molar-refractivity contribution in [1.29, 1.82) is 0 Å². The maximum Gasteiger partial charge on any atom is 0.255 e. The van der Waals surface area contributed by atoms with E-state index in [0.717, 1.165) is 70.4 Å². The fourth-order valence-corrected chi connectivity index (χ4v) is 10.3. The van der Waals surface area contributed by atoms with Crippen LogP contribution in [-0.4, -0.2) is 17.8 Å². The van der Waals surface area contributed by atoms with Crippen LogP contribution >= 0.6 is 0 Å². The van der Waals surface area contributed by atoms with Gasteiger partial charge in [0.1, 0.15) is 11.4 Å². The third kappa shape index (κ3) is 11.5. The van der Waals surface area contributed by atoms with Gasteiger partial charge < -0.3 is 17.1 Å². The zero-order valence-electron chi connectivity index (χ0n) is 46.7. The molecule has 13 rings (SSSR count). The van der Waals surface area contributed by atoms with E-state index in [4.69, 9.17) is 11.2 Å². The van der Waals surface area contributed by atoms with Gasteiger partial charge in [-0.2, -0.15) is 9.13 Å². The number of aromatic nitrogens is 2. The minimum atomic E-state index is 0. The lowest BCUT2D eigenvalue weighted by Crippen LogP contribution is -3.00. The second kappa shape index (κ2) is 25.5. The molecule has 0 aliphatic carbocycles. The van der Waals surface area contributed by atoms with Gasteiger partial charge in [-0.05, 0) is 216 Å². The van der Waals surface area contributed by atoms with Crippen LogP contribution < -0.4 is 36.6 Å². The summed E-state index contributed by atoms with van der Waals surface area (Å²) in [5.74, 6) is 9.21. The van der Waals surface area contributed by atoms with Gasteiger partial charge in [-0.3, -0.25) is 19.6 Å². The van der Waals surface area contributed by atoms with E-state index < -0.39 is 0 Å². The van der Waals surface area contributed by atoms with Crippen LogP contribution in [-0.2, 0) is 4.74 Å². The number of aryl methyl sites for hydroxylation is 6. The topological polar surface area (TPSA) is 31.0 Å². The molecule has 0 atom stereocenters. The summed E-state index contributed by atoms with van der Waals surface area (Å²) in [7, 11) is 0. The normalized spacial score (nSPS) is 12.8. The van der Waals surface area contributed by atoms with Crippen LogP contribution in [0.25, 0.3) is 22.4 Å². The molecular weight excluding hydrogens is 1000 g/mol. The Bertz CT molecular complexity index is 3470. The summed E-state index contributed by atoms with van der Waals surface area (Å²) in [6, 6.07) is 78.0. The van der Waals surface area contributed by atoms with Crippen molar-refractivity contribution in [2.75, 3.05) is 32.8 Å². The lowest BCUT2D eigenvalue weighted by atomic mass is 10.1. The Morgan fingerprint density at radius 1 is 0.412 bits per heavy atom. The Kier molecular flexibility index (Phi) is 17.7. The van der Waals surface area contributed by atoms with Crippen molar-refractivity contribution < 1.29 is 21.7 Å². The number of hydrogen-bond donors (Lipinski definition) is 0. The number of imidazole rings is 1. The highest BCUT2D eigenvalue weighted by molar-refractivity contribution is 6.00. The molecule has 1 saturated heterocycles. The first-order valence-corrected chi connectivity index (χ1v) is 27.1. The van der Waals surface area contributed by atoms with Crippen molar-refractivity contribution in [2.45, 2.75) is 61.3 Å². The van der Waals surface area contributed by atoms with E-state index in [-0.39, 0.29) is 12.4 Å². The monoisotopic (exact) mass is 1070 g/mol. The number of hydrogen-bond acceptors (Lipinski definition) is 5. The minimum Gasteiger partial charge on any atom is -1.00 e. The van der Waals surface area contributed by atoms with Crippen LogP contribution in [0, 0.1) is 65.7 Å². The Morgan fingerprint density at radius 3 is 1.02 bits per heavy atom. The molecule has 3 aliphatic heterocycles. The van der Waals surface area contributed by atoms with E-state index in [0.29, 0.717) is 0 Å². The average molecular weight is 1070 g/mol. The van der Waals surface area contributed by atoms with Crippen molar-refractivity contribution in [3.63, 3.8) is 0 Å². The molecule has 9 aromatic carbocycles. The lowest BCUT2D eigenvalue weighted by Gasteiger charge is -2.34. The largest absolute Gasteiger partial charge is 1.00 e. The molecule has 0 bridgehead atoms. The number of anilines is 8. The minimum absolute atomic E-state index is 0. The van der Waals surface area contributed by atoms with E-state index in [2.05, 4.69) is 313 Å². The maximum absolute atomic E-state index is 4.94. The average Bonchev–Trinajstić information content (AvgIpc) is 4.48. The van der Waals surface area contributed by atoms with Crippen molar-refractivity contribution in [1.82, 2.24) is 4.57 Å². The number of rotatable bonds is 6. The van der Waals surface area contributed by atoms with Crippen molar-refractivity contribution >= 4 is 56.5 Å². The summed E-state index contributed by atoms with van der Waals surface area (Å²) in [6.07, 6.45) is 9.45. The molecule has 80 heavy (non-hydrogen) atoms. The second-order valence-electron chi connectivity index (χ2n) is 20.0. The van der Waals surface area contributed by atoms with Gasteiger partial charge in [0.05, 0.1) is 22.7 Å². The highest BCUT2D eigenvalue weighted by Gasteiger charge is 2.44. The summed E-state index contributed by atoms with van der Waals surface area (Å²) in [4.78, 5) is 9.78. The van der Waals surface area contributed by atoms with Crippen LogP contribution in [0.1, 0.15) is 53.1 Å². The van der Waals surface area contributed by atoms with Gasteiger partial charge in [0.15, 0.2) is 22.7 Å². The molecule has 398 valence electrons. The molecule has 1 fully saturated rings. The van der Waals surface area contributed by atoms with Crippen molar-refractivity contribution in [3.05, 3.63) is 270 Å². The molecule has 4 heterocycles. The molecule has 0 unspecified atom stereocenters. The SMILES string of the molecule is C#CC#CC.C1CCOC1.Cc1cc2c(cc1C)N(c1ccccc1)C(=C1N(c3ccccc3)c3cc(C)c(C)cc3N1c1ccccc1)N2c1ccccc1.Cc1cc2c(cc1C)[n+](-c1ccccc1)cn2-c1ccccc1.[Cl-]. The molecule has 0 N–H and O–H groups in total. The van der Waals surface area contributed by atoms with Crippen LogP contribution in [0.3, 0.4) is 0 Å². The summed E-state index contributed by atoms with van der Waals surface area (Å²) in [5.41, 5.74) is 21.5. The third-order valence-corrected chi connectivity index (χ3v) is 14.7. The van der Waals surface area contributed by atoms with E-state index in [1.165, 1.54) is 68.6 Å². The first-order valence-electron chi connectivity index (χ1n) is 27.1. The van der Waals surface area contributed by atoms with E-state index in [1.807, 2.05) is 0 Å². The molecule has 7 nitrogen and oxygen atoms in total. The quantitative estimate of drug-likeness (QED) is 0.122. The fourth-order valence-electron chi connectivity index (χ4n) is 10.3. The lowest BCUT2D eigenvalue weighted by molar-refractivity contribution is -0.567. The van der Waals surface area contributed by atoms with Gasteiger partial charge in [-0.1, -0.05) is 115 Å². The molecule has 0 saturated carbocycles. The molecule has 3 aliphatic rings. The zero-order valence-corrected chi connectivity index (χ0v) is 47.5. The van der Waals surface area contributed by atoms with Crippen LogP contribution in [0.4, 0.5) is 45.5 Å². The molecular formula is C72H67ClN6O. The third-order valence-electron chi connectivity index (χ3n) is 14.7. The molecule has 0 spiro atoms. The van der Waals surface area contributed by atoms with E-state index >= 15 is 0 Å². The van der Waals surface area contributed by atoms with Crippen LogP contribution in [0.2, 0.25) is 0 Å². The second-order valence-corrected chi connectivity index (χ2v) is 20.0. The number of fused-ring (bicyclic) bond motifs is 3. The number of benzene rings is 9. The highest BCUT2D eigenvalue weighted by atomic mass is 35.5. The highest BCUT2D eigenvalue weighted by Crippen LogP contribution is 2.57. The van der Waals surface area contributed by atoms with Gasteiger partial charge in [-0.25, -0.2) is 0 Å². The summed E-state index contributed by atoms with van der Waals surface area (Å²) in [5, 5.41) is 0. The zero-order chi connectivity index (χ0) is 54.8. The number of nitrogens with zero attached hydrogens (tertiary/aromatic N) is 6. The predicted molar refractivity (Wildman–Crippen MR) is 330 cm³/mol. The number of halogens is 1. The first-order chi connectivity index (χ1) is 38.7. The Balaban J connectivity index is 0.000000188. The summed E-state index contributed by atoms with van der Waals surface area (Å²) >= 11 is 0. The van der Waals surface area contributed by atoms with Crippen LogP contribution in [0.5, 0.6) is 0 Å². The first kappa shape index (κ1) is 55.5. The molecule has 8 heteroatoms. The standard InChI is InChI=1S/C42H36N4.C21H19N2.C5H4.C4H8O.ClH/c1-29-25-37-38(26-30(29)2)44(34-19-11-6-12-20-34)41(43(37)33-17-9-5-10-18-33)42-45(35-21-13-7-14-22-35)39-27-31(3)32(4)28-40(39)46(42)36-23-15-8-16-24-36;1-16-13-20-21(14-17(16)2)23(19-11-7-4-8-12-19)15-22(20)18-9-5-3-6-10-18;1-3-5-4-2;1-2-4-5-3-1;/h5-28H,1-4H3;3-15H,1-2H3;1H,2H3;1-4H2;1H/q;+1;;;/p-1. The summed E-state index contributed by atoms with van der Waals surface area (Å²) in [6.45, 7) is 16.9. The van der Waals surface area contributed by atoms with Crippen LogP contribution in [0.15, 0.2) is 236 Å². The maximum atomic E-state index is 4.94. The van der Waals surface area contributed by atoms with Gasteiger partial charge in [0.25, 0.3) is 6.33 Å². The van der Waals surface area contributed by atoms with Gasteiger partial charge in [0, 0.05) is 36.0 Å². The number of para-hydroxylation sites is 6. The van der Waals surface area contributed by atoms with Gasteiger partial charge in [-0.15, -0.1) is 6.42 Å². The fraction of sp³-hybridized carbons (Fsp3) is 0.153. The molecule has 0 amide bonds. The Morgan fingerprint density at radius 2 is 0.725 bits per heavy atom. The molecule has 1 aromatic heterocycles. The van der Waals surface area contributed by atoms with Gasteiger partial charge >= 0.3 is 0 Å². The Labute approximate surface area is 479 Å². The van der Waals surface area contributed by atoms with Gasteiger partial charge in [0.2, 0.25) is 0 Å². The van der Waals surface area contributed by atoms with E-state index in [1.54, 1.807) is 6.92 Å². The molecule has 10 aromatic rings. The molecule has 0 radical (unpaired) electrons. The smallest absolute Gasteiger partial charge is 0.255 e. The van der Waals surface area contributed by atoms with Crippen molar-refractivity contribution in [2.24, 2.45) is 0 Å². The number of terminal acetylenes is 1. The van der Waals surface area contributed by atoms with Crippen molar-refractivity contribution in [3.8, 4) is 35.6 Å². The predicted octanol–water partition coefficient (Wildman–Crippen LogP) is 14.3.